The van der Waals surface area contributed by atoms with Crippen LogP contribution in [0, 0.1) is 0 Å². The van der Waals surface area contributed by atoms with E-state index in [9.17, 15) is 0 Å². The number of hydrogen-bond donors (Lipinski definition) is 0. The van der Waals surface area contributed by atoms with Crippen molar-refractivity contribution in [2.24, 2.45) is 0 Å². The lowest BCUT2D eigenvalue weighted by atomic mass is 10.0. The standard InChI is InChI=1S/C46H30N6/c1-3-12-33(13-4-1)44-48-45(35-15-11-14-34(28-35)31-21-23-32(24-22-31)40-30-51-27-10-9-20-43(51)47-40)50-46(49-44)36-25-26-39-38-18-7-8-19-41(38)52(42(39)29-36)37-16-5-2-6-17-37/h1-30H. The Labute approximate surface area is 300 Å². The molecule has 0 fully saturated rings. The Morgan fingerprint density at radius 2 is 0.962 bits per heavy atom. The number of pyridine rings is 1. The molecule has 0 saturated carbocycles. The van der Waals surface area contributed by atoms with E-state index in [1.165, 1.54) is 10.8 Å². The van der Waals surface area contributed by atoms with Gasteiger partial charge in [-0.15, -0.1) is 0 Å². The van der Waals surface area contributed by atoms with Crippen LogP contribution in [-0.4, -0.2) is 28.9 Å². The van der Waals surface area contributed by atoms with Gasteiger partial charge in [0.15, 0.2) is 17.5 Å². The molecule has 4 aromatic heterocycles. The van der Waals surface area contributed by atoms with Gasteiger partial charge in [0.2, 0.25) is 0 Å². The molecule has 0 radical (unpaired) electrons. The van der Waals surface area contributed by atoms with Crippen molar-refractivity contribution in [1.29, 1.82) is 0 Å². The Hall–Kier alpha value is -7.18. The van der Waals surface area contributed by atoms with Crippen molar-refractivity contribution in [3.05, 3.63) is 182 Å². The highest BCUT2D eigenvalue weighted by Gasteiger charge is 2.17. The summed E-state index contributed by atoms with van der Waals surface area (Å²) in [5.41, 5.74) is 11.3. The Morgan fingerprint density at radius 1 is 0.365 bits per heavy atom. The first-order valence-corrected chi connectivity index (χ1v) is 17.3. The summed E-state index contributed by atoms with van der Waals surface area (Å²) in [7, 11) is 0. The van der Waals surface area contributed by atoms with Crippen LogP contribution in [0.25, 0.3) is 89.7 Å². The maximum Gasteiger partial charge on any atom is 0.164 e. The van der Waals surface area contributed by atoms with Gasteiger partial charge in [0.25, 0.3) is 0 Å². The summed E-state index contributed by atoms with van der Waals surface area (Å²) in [6, 6.07) is 58.7. The van der Waals surface area contributed by atoms with Gasteiger partial charge in [-0.1, -0.05) is 127 Å². The minimum atomic E-state index is 0.621. The van der Waals surface area contributed by atoms with E-state index in [0.717, 1.165) is 61.4 Å². The average Bonchev–Trinajstić information content (AvgIpc) is 3.81. The second kappa shape index (κ2) is 12.3. The van der Waals surface area contributed by atoms with Gasteiger partial charge in [0, 0.05) is 51.1 Å². The largest absolute Gasteiger partial charge is 0.309 e. The maximum atomic E-state index is 5.13. The van der Waals surface area contributed by atoms with Gasteiger partial charge in [-0.25, -0.2) is 19.9 Å². The third-order valence-corrected chi connectivity index (χ3v) is 9.61. The smallest absolute Gasteiger partial charge is 0.164 e. The number of fused-ring (bicyclic) bond motifs is 4. The number of rotatable bonds is 6. The summed E-state index contributed by atoms with van der Waals surface area (Å²) in [6.45, 7) is 0. The summed E-state index contributed by atoms with van der Waals surface area (Å²) in [5.74, 6) is 1.88. The Kier molecular flexibility index (Phi) is 7.03. The quantitative estimate of drug-likeness (QED) is 0.177. The third-order valence-electron chi connectivity index (χ3n) is 9.61. The first kappa shape index (κ1) is 29.7. The highest BCUT2D eigenvalue weighted by Crippen LogP contribution is 2.35. The van der Waals surface area contributed by atoms with E-state index < -0.39 is 0 Å². The molecule has 0 saturated heterocycles. The molecular weight excluding hydrogens is 637 g/mol. The molecule has 0 aliphatic rings. The SMILES string of the molecule is c1ccc(-c2nc(-c3cccc(-c4ccc(-c5cn6ccccc6n5)cc4)c3)nc(-c3ccc4c5ccccc5n(-c5ccccc5)c4c3)n2)cc1. The van der Waals surface area contributed by atoms with Crippen molar-refractivity contribution in [3.63, 3.8) is 0 Å². The van der Waals surface area contributed by atoms with E-state index in [1.54, 1.807) is 0 Å². The van der Waals surface area contributed by atoms with Crippen LogP contribution in [0.4, 0.5) is 0 Å². The second-order valence-corrected chi connectivity index (χ2v) is 12.8. The van der Waals surface area contributed by atoms with E-state index >= 15 is 0 Å². The normalized spacial score (nSPS) is 11.5. The van der Waals surface area contributed by atoms with Crippen LogP contribution in [0.15, 0.2) is 182 Å². The lowest BCUT2D eigenvalue weighted by Crippen LogP contribution is -2.00. The zero-order valence-electron chi connectivity index (χ0n) is 28.0. The molecule has 10 aromatic rings. The average molecular weight is 667 g/mol. The number of aromatic nitrogens is 6. The molecule has 52 heavy (non-hydrogen) atoms. The summed E-state index contributed by atoms with van der Waals surface area (Å²) >= 11 is 0. The molecule has 0 unspecified atom stereocenters. The number of benzene rings is 6. The van der Waals surface area contributed by atoms with Gasteiger partial charge in [-0.3, -0.25) is 0 Å². The highest BCUT2D eigenvalue weighted by atomic mass is 15.0. The van der Waals surface area contributed by atoms with Gasteiger partial charge in [-0.05, 0) is 53.6 Å². The zero-order chi connectivity index (χ0) is 34.4. The van der Waals surface area contributed by atoms with Crippen LogP contribution in [-0.2, 0) is 0 Å². The minimum Gasteiger partial charge on any atom is -0.309 e. The van der Waals surface area contributed by atoms with Crippen LogP contribution in [0.5, 0.6) is 0 Å². The van der Waals surface area contributed by atoms with Gasteiger partial charge >= 0.3 is 0 Å². The summed E-state index contributed by atoms with van der Waals surface area (Å²) < 4.78 is 4.36. The van der Waals surface area contributed by atoms with E-state index in [-0.39, 0.29) is 0 Å². The molecule has 10 rings (SSSR count). The molecule has 6 nitrogen and oxygen atoms in total. The van der Waals surface area contributed by atoms with Crippen molar-refractivity contribution in [2.75, 3.05) is 0 Å². The lowest BCUT2D eigenvalue weighted by molar-refractivity contribution is 1.07. The minimum absolute atomic E-state index is 0.621. The molecule has 0 bridgehead atoms. The van der Waals surface area contributed by atoms with Crippen LogP contribution in [0.1, 0.15) is 0 Å². The topological polar surface area (TPSA) is 60.9 Å². The van der Waals surface area contributed by atoms with Crippen molar-refractivity contribution >= 4 is 27.5 Å². The maximum absolute atomic E-state index is 5.13. The molecule has 4 heterocycles. The predicted molar refractivity (Wildman–Crippen MR) is 210 cm³/mol. The van der Waals surface area contributed by atoms with E-state index in [1.807, 2.05) is 65.2 Å². The van der Waals surface area contributed by atoms with E-state index in [0.29, 0.717) is 17.5 Å². The van der Waals surface area contributed by atoms with Crippen molar-refractivity contribution in [2.45, 2.75) is 0 Å². The fraction of sp³-hybridized carbons (Fsp3) is 0. The molecule has 0 N–H and O–H groups in total. The van der Waals surface area contributed by atoms with Gasteiger partial charge in [0.05, 0.1) is 16.7 Å². The molecule has 6 aromatic carbocycles. The Balaban J connectivity index is 1.08. The van der Waals surface area contributed by atoms with E-state index in [4.69, 9.17) is 19.9 Å². The van der Waals surface area contributed by atoms with Crippen LogP contribution >= 0.6 is 0 Å². The van der Waals surface area contributed by atoms with Gasteiger partial charge in [-0.2, -0.15) is 0 Å². The molecule has 0 amide bonds. The molecular formula is C46H30N6. The van der Waals surface area contributed by atoms with Crippen molar-refractivity contribution in [1.82, 2.24) is 28.9 Å². The molecule has 0 atom stereocenters. The first-order chi connectivity index (χ1) is 25.7. The van der Waals surface area contributed by atoms with Crippen molar-refractivity contribution < 1.29 is 0 Å². The fourth-order valence-electron chi connectivity index (χ4n) is 7.06. The first-order valence-electron chi connectivity index (χ1n) is 17.3. The van der Waals surface area contributed by atoms with Crippen LogP contribution in [0.2, 0.25) is 0 Å². The molecule has 0 aliphatic carbocycles. The number of para-hydroxylation sites is 2. The van der Waals surface area contributed by atoms with Gasteiger partial charge < -0.3 is 8.97 Å². The summed E-state index contributed by atoms with van der Waals surface area (Å²) in [4.78, 5) is 20.0. The van der Waals surface area contributed by atoms with Gasteiger partial charge in [0.1, 0.15) is 5.65 Å². The number of hydrogen-bond acceptors (Lipinski definition) is 4. The summed E-state index contributed by atoms with van der Waals surface area (Å²) in [6.07, 6.45) is 4.08. The predicted octanol–water partition coefficient (Wildman–Crippen LogP) is 11.0. The second-order valence-electron chi connectivity index (χ2n) is 12.8. The van der Waals surface area contributed by atoms with Crippen LogP contribution < -0.4 is 0 Å². The molecule has 244 valence electrons. The lowest BCUT2D eigenvalue weighted by Gasteiger charge is -2.11. The molecule has 0 aliphatic heterocycles. The highest BCUT2D eigenvalue weighted by molar-refractivity contribution is 6.10. The monoisotopic (exact) mass is 666 g/mol. The Bertz CT molecular complexity index is 2860. The fourth-order valence-corrected chi connectivity index (χ4v) is 7.06. The molecule has 0 spiro atoms. The Morgan fingerprint density at radius 3 is 1.75 bits per heavy atom. The third kappa shape index (κ3) is 5.22. The van der Waals surface area contributed by atoms with E-state index in [2.05, 4.69) is 126 Å². The van der Waals surface area contributed by atoms with Crippen molar-refractivity contribution in [3.8, 4) is 62.2 Å². The number of nitrogens with zero attached hydrogens (tertiary/aromatic N) is 6. The van der Waals surface area contributed by atoms with Crippen LogP contribution in [0.3, 0.4) is 0 Å². The molecule has 6 heteroatoms. The number of imidazole rings is 1. The zero-order valence-corrected chi connectivity index (χ0v) is 28.0. The summed E-state index contributed by atoms with van der Waals surface area (Å²) in [5, 5.41) is 2.39.